The first-order valence-electron chi connectivity index (χ1n) is 6.42. The third kappa shape index (κ3) is 4.54. The van der Waals surface area contributed by atoms with E-state index in [9.17, 15) is 4.79 Å². The average Bonchev–Trinajstić information content (AvgIpc) is 2.35. The molecule has 18 heavy (non-hydrogen) atoms. The molecule has 0 fully saturated rings. The van der Waals surface area contributed by atoms with Gasteiger partial charge in [-0.25, -0.2) is 0 Å². The summed E-state index contributed by atoms with van der Waals surface area (Å²) in [5.74, 6) is 0.858. The molecule has 0 saturated carbocycles. The first kappa shape index (κ1) is 15.4. The Morgan fingerprint density at radius 1 is 1.22 bits per heavy atom. The summed E-state index contributed by atoms with van der Waals surface area (Å²) < 4.78 is 1.000. The molecule has 0 aliphatic carbocycles. The van der Waals surface area contributed by atoms with Crippen LogP contribution < -0.4 is 0 Å². The Bertz CT molecular complexity index is 386. The fraction of sp³-hybridized carbons (Fsp3) is 0.533. The Morgan fingerprint density at radius 2 is 1.78 bits per heavy atom. The summed E-state index contributed by atoms with van der Waals surface area (Å²) in [5, 5.41) is 0. The van der Waals surface area contributed by atoms with Crippen LogP contribution in [-0.4, -0.2) is 30.3 Å². The smallest absolute Gasteiger partial charge is 0.179 e. The molecule has 0 aliphatic heterocycles. The zero-order valence-electron chi connectivity index (χ0n) is 11.6. The number of nitrogens with zero attached hydrogens (tertiary/aromatic N) is 1. The molecule has 3 heteroatoms. The van der Waals surface area contributed by atoms with Crippen molar-refractivity contribution in [3.05, 3.63) is 34.3 Å². The van der Waals surface area contributed by atoms with Gasteiger partial charge in [0, 0.05) is 10.0 Å². The summed E-state index contributed by atoms with van der Waals surface area (Å²) in [7, 11) is 2.02. The molecule has 0 aliphatic rings. The molecule has 0 amide bonds. The Balaban J connectivity index is 2.62. The molecule has 1 unspecified atom stereocenters. The van der Waals surface area contributed by atoms with Crippen molar-refractivity contribution >= 4 is 21.7 Å². The van der Waals surface area contributed by atoms with Gasteiger partial charge in [-0.3, -0.25) is 9.69 Å². The zero-order chi connectivity index (χ0) is 13.7. The first-order chi connectivity index (χ1) is 8.41. The number of benzene rings is 1. The molecule has 0 spiro atoms. The summed E-state index contributed by atoms with van der Waals surface area (Å²) in [5.41, 5.74) is 0.780. The summed E-state index contributed by atoms with van der Waals surface area (Å²) in [6.45, 7) is 7.34. The van der Waals surface area contributed by atoms with Crippen molar-refractivity contribution in [1.29, 1.82) is 0 Å². The second kappa shape index (κ2) is 7.05. The minimum Gasteiger partial charge on any atom is -0.297 e. The molecule has 1 atom stereocenters. The lowest BCUT2D eigenvalue weighted by Gasteiger charge is -2.24. The van der Waals surface area contributed by atoms with Gasteiger partial charge >= 0.3 is 0 Å². The van der Waals surface area contributed by atoms with Crippen LogP contribution in [0.25, 0.3) is 0 Å². The average molecular weight is 312 g/mol. The molecule has 0 aromatic heterocycles. The number of hydrogen-bond acceptors (Lipinski definition) is 2. The van der Waals surface area contributed by atoms with Crippen LogP contribution in [0, 0.1) is 5.92 Å². The van der Waals surface area contributed by atoms with Crippen molar-refractivity contribution in [3.8, 4) is 0 Å². The second-order valence-electron chi connectivity index (χ2n) is 5.21. The van der Waals surface area contributed by atoms with E-state index in [2.05, 4.69) is 34.7 Å². The van der Waals surface area contributed by atoms with Gasteiger partial charge in [0.05, 0.1) is 6.04 Å². The van der Waals surface area contributed by atoms with Crippen molar-refractivity contribution in [3.63, 3.8) is 0 Å². The molecule has 1 aromatic rings. The maximum absolute atomic E-state index is 12.3. The van der Waals surface area contributed by atoms with E-state index in [4.69, 9.17) is 0 Å². The quantitative estimate of drug-likeness (QED) is 0.740. The minimum atomic E-state index is -0.0649. The molecule has 0 heterocycles. The largest absolute Gasteiger partial charge is 0.297 e. The molecule has 0 radical (unpaired) electrons. The van der Waals surface area contributed by atoms with Crippen LogP contribution in [0.5, 0.6) is 0 Å². The zero-order valence-corrected chi connectivity index (χ0v) is 13.2. The van der Waals surface area contributed by atoms with Crippen LogP contribution in [0.15, 0.2) is 28.7 Å². The third-order valence-electron chi connectivity index (χ3n) is 3.23. The molecule has 1 aromatic carbocycles. The predicted molar refractivity (Wildman–Crippen MR) is 80.0 cm³/mol. The van der Waals surface area contributed by atoms with Crippen LogP contribution in [0.2, 0.25) is 0 Å². The van der Waals surface area contributed by atoms with Crippen LogP contribution in [0.1, 0.15) is 37.6 Å². The van der Waals surface area contributed by atoms with E-state index >= 15 is 0 Å². The number of carbonyl (C=O) groups excluding carboxylic acids is 1. The van der Waals surface area contributed by atoms with Gasteiger partial charge < -0.3 is 0 Å². The van der Waals surface area contributed by atoms with Crippen LogP contribution in [0.3, 0.4) is 0 Å². The lowest BCUT2D eigenvalue weighted by atomic mass is 10.0. The molecule has 100 valence electrons. The van der Waals surface area contributed by atoms with Gasteiger partial charge in [-0.2, -0.15) is 0 Å². The van der Waals surface area contributed by atoms with E-state index in [-0.39, 0.29) is 11.8 Å². The molecule has 0 bridgehead atoms. The highest BCUT2D eigenvalue weighted by Gasteiger charge is 2.19. The van der Waals surface area contributed by atoms with Crippen molar-refractivity contribution < 1.29 is 4.79 Å². The number of Topliss-reactive ketones (excluding diaryl/α,β-unsaturated/α-hetero) is 1. The van der Waals surface area contributed by atoms with Crippen LogP contribution >= 0.6 is 15.9 Å². The fourth-order valence-electron chi connectivity index (χ4n) is 1.71. The monoisotopic (exact) mass is 311 g/mol. The van der Waals surface area contributed by atoms with Gasteiger partial charge in [0.15, 0.2) is 5.78 Å². The molecule has 0 saturated heterocycles. The summed E-state index contributed by atoms with van der Waals surface area (Å²) in [4.78, 5) is 14.4. The molecular formula is C15H22BrNO. The summed E-state index contributed by atoms with van der Waals surface area (Å²) in [6, 6.07) is 7.51. The fourth-order valence-corrected chi connectivity index (χ4v) is 1.98. The molecule has 0 N–H and O–H groups in total. The van der Waals surface area contributed by atoms with Crippen molar-refractivity contribution in [2.45, 2.75) is 33.2 Å². The number of rotatable bonds is 6. The Hall–Kier alpha value is -0.670. The maximum atomic E-state index is 12.3. The van der Waals surface area contributed by atoms with Crippen molar-refractivity contribution in [2.24, 2.45) is 5.92 Å². The highest BCUT2D eigenvalue weighted by molar-refractivity contribution is 9.10. The Morgan fingerprint density at radius 3 is 2.28 bits per heavy atom. The lowest BCUT2D eigenvalue weighted by Crippen LogP contribution is -2.37. The van der Waals surface area contributed by atoms with Crippen LogP contribution in [-0.2, 0) is 0 Å². The highest BCUT2D eigenvalue weighted by Crippen LogP contribution is 2.14. The van der Waals surface area contributed by atoms with E-state index in [1.165, 1.54) is 0 Å². The standard InChI is InChI=1S/C15H22BrNO/c1-11(2)9-10-17(4)12(3)15(18)13-5-7-14(16)8-6-13/h5-8,11-12H,9-10H2,1-4H3. The molecular weight excluding hydrogens is 290 g/mol. The van der Waals surface area contributed by atoms with E-state index in [1.807, 2.05) is 38.2 Å². The maximum Gasteiger partial charge on any atom is 0.179 e. The molecule has 1 rings (SSSR count). The number of halogens is 1. The lowest BCUT2D eigenvalue weighted by molar-refractivity contribution is 0.0864. The van der Waals surface area contributed by atoms with E-state index < -0.39 is 0 Å². The highest BCUT2D eigenvalue weighted by atomic mass is 79.9. The summed E-state index contributed by atoms with van der Waals surface area (Å²) >= 11 is 3.38. The van der Waals surface area contributed by atoms with Gasteiger partial charge in [-0.1, -0.05) is 41.9 Å². The third-order valence-corrected chi connectivity index (χ3v) is 3.76. The normalized spacial score (nSPS) is 13.1. The minimum absolute atomic E-state index is 0.0649. The van der Waals surface area contributed by atoms with Crippen molar-refractivity contribution in [2.75, 3.05) is 13.6 Å². The van der Waals surface area contributed by atoms with Gasteiger partial charge in [0.2, 0.25) is 0 Å². The van der Waals surface area contributed by atoms with Gasteiger partial charge in [-0.05, 0) is 45.0 Å². The number of carbonyl (C=O) groups is 1. The van der Waals surface area contributed by atoms with E-state index in [1.54, 1.807) is 0 Å². The van der Waals surface area contributed by atoms with Crippen molar-refractivity contribution in [1.82, 2.24) is 4.90 Å². The van der Waals surface area contributed by atoms with Crippen LogP contribution in [0.4, 0.5) is 0 Å². The number of likely N-dealkylation sites (N-methyl/N-ethyl adjacent to an activating group) is 1. The topological polar surface area (TPSA) is 20.3 Å². The summed E-state index contributed by atoms with van der Waals surface area (Å²) in [6.07, 6.45) is 1.12. The SMILES string of the molecule is CC(C)CCN(C)C(C)C(=O)c1ccc(Br)cc1. The molecule has 2 nitrogen and oxygen atoms in total. The second-order valence-corrected chi connectivity index (χ2v) is 6.13. The Kier molecular flexibility index (Phi) is 6.03. The Labute approximate surface area is 119 Å². The van der Waals surface area contributed by atoms with E-state index in [0.717, 1.165) is 23.0 Å². The first-order valence-corrected chi connectivity index (χ1v) is 7.21. The predicted octanol–water partition coefficient (Wildman–Crippen LogP) is 4.00. The van der Waals surface area contributed by atoms with Gasteiger partial charge in [-0.15, -0.1) is 0 Å². The van der Waals surface area contributed by atoms with E-state index in [0.29, 0.717) is 5.92 Å². The van der Waals surface area contributed by atoms with Gasteiger partial charge in [0.25, 0.3) is 0 Å². The number of ketones is 1. The van der Waals surface area contributed by atoms with Gasteiger partial charge in [0.1, 0.15) is 0 Å². The number of hydrogen-bond donors (Lipinski definition) is 0.